The van der Waals surface area contributed by atoms with Crippen molar-refractivity contribution in [2.24, 2.45) is 0 Å². The molecule has 1 aromatic carbocycles. The normalized spacial score (nSPS) is 17.9. The van der Waals surface area contributed by atoms with Gasteiger partial charge in [-0.05, 0) is 0 Å². The van der Waals surface area contributed by atoms with Crippen LogP contribution in [0.15, 0.2) is 46.7 Å². The van der Waals surface area contributed by atoms with Crippen LogP contribution >= 0.6 is 11.8 Å². The zero-order valence-electron chi connectivity index (χ0n) is 20.1. The first-order valence-electron chi connectivity index (χ1n) is 12.9. The Morgan fingerprint density at radius 1 is 0.933 bits per heavy atom. The first-order valence-corrected chi connectivity index (χ1v) is 21.4. The van der Waals surface area contributed by atoms with Crippen molar-refractivity contribution < 1.29 is 0 Å². The third-order valence-corrected chi connectivity index (χ3v) is 25.3. The van der Waals surface area contributed by atoms with Gasteiger partial charge in [0.1, 0.15) is 0 Å². The number of hydrogen-bond acceptors (Lipinski definition) is 2. The van der Waals surface area contributed by atoms with E-state index in [1.165, 1.54) is 82.2 Å². The Hall–Kier alpha value is 0.0687. The molecule has 1 aromatic rings. The van der Waals surface area contributed by atoms with Gasteiger partial charge in [0.25, 0.3) is 0 Å². The first-order chi connectivity index (χ1) is 14.8. The van der Waals surface area contributed by atoms with E-state index in [9.17, 15) is 0 Å². The van der Waals surface area contributed by atoms with Crippen molar-refractivity contribution in [3.8, 4) is 0 Å². The van der Waals surface area contributed by atoms with E-state index in [-0.39, 0.29) is 0 Å². The summed E-state index contributed by atoms with van der Waals surface area (Å²) in [6.07, 6.45) is 16.7. The molecule has 1 atom stereocenters. The molecule has 0 bridgehead atoms. The van der Waals surface area contributed by atoms with Crippen molar-refractivity contribution in [3.63, 3.8) is 0 Å². The van der Waals surface area contributed by atoms with Crippen molar-refractivity contribution >= 4 is 30.1 Å². The van der Waals surface area contributed by atoms with Crippen LogP contribution in [0.3, 0.4) is 0 Å². The van der Waals surface area contributed by atoms with E-state index in [0.717, 1.165) is 4.06 Å². The van der Waals surface area contributed by atoms with Crippen LogP contribution in [0.4, 0.5) is 0 Å². The molecule has 170 valence electrons. The fraction of sp³-hybridized carbons (Fsp3) is 0.704. The third-order valence-electron chi connectivity index (χ3n) is 7.01. The molecule has 0 aliphatic carbocycles. The number of rotatable bonds is 16. The summed E-state index contributed by atoms with van der Waals surface area (Å²) in [6, 6.07) is 10.7. The van der Waals surface area contributed by atoms with Crippen LogP contribution in [0, 0.1) is 0 Å². The Labute approximate surface area is 196 Å². The third kappa shape index (κ3) is 8.90. The van der Waals surface area contributed by atoms with Crippen LogP contribution < -0.4 is 0 Å². The van der Waals surface area contributed by atoms with Crippen molar-refractivity contribution in [2.75, 3.05) is 13.1 Å². The topological polar surface area (TPSA) is 3.24 Å². The molecule has 0 radical (unpaired) electrons. The predicted molar refractivity (Wildman–Crippen MR) is 140 cm³/mol. The first kappa shape index (κ1) is 26.3. The van der Waals surface area contributed by atoms with Gasteiger partial charge in [-0.25, -0.2) is 0 Å². The summed E-state index contributed by atoms with van der Waals surface area (Å²) in [5, 5.41) is 2.30. The van der Waals surface area contributed by atoms with Crippen molar-refractivity contribution in [1.29, 1.82) is 0 Å². The summed E-state index contributed by atoms with van der Waals surface area (Å²) in [4.78, 5) is 4.34. The molecule has 1 aliphatic rings. The SMILES string of the molecule is CCC[CH2][Sn]([CH2]CCC)([CH2]CCC)[C@H]1CCCN1CCC/C=C/Sc1ccccc1. The molecule has 30 heavy (non-hydrogen) atoms. The van der Waals surface area contributed by atoms with Crippen molar-refractivity contribution in [1.82, 2.24) is 4.90 Å². The number of allylic oxidation sites excluding steroid dienone is 1. The number of nitrogens with zero attached hydrogens (tertiary/aromatic N) is 1. The molecular weight excluding hydrogens is 489 g/mol. The van der Waals surface area contributed by atoms with E-state index in [1.807, 2.05) is 11.8 Å². The van der Waals surface area contributed by atoms with Gasteiger partial charge in [-0.2, -0.15) is 0 Å². The molecular formula is C27H47NSSn. The monoisotopic (exact) mass is 537 g/mol. The molecule has 3 heteroatoms. The number of benzene rings is 1. The number of thioether (sulfide) groups is 1. The number of hydrogen-bond donors (Lipinski definition) is 0. The minimum atomic E-state index is -2.12. The maximum absolute atomic E-state index is 3.00. The molecule has 1 saturated heterocycles. The number of unbranched alkanes of at least 4 members (excludes halogenated alkanes) is 4. The van der Waals surface area contributed by atoms with E-state index >= 15 is 0 Å². The molecule has 0 N–H and O–H groups in total. The molecule has 1 heterocycles. The van der Waals surface area contributed by atoms with E-state index in [4.69, 9.17) is 0 Å². The summed E-state index contributed by atoms with van der Waals surface area (Å²) in [6.45, 7) is 9.94. The maximum atomic E-state index is 3.00. The zero-order chi connectivity index (χ0) is 21.5. The molecule has 0 unspecified atom stereocenters. The van der Waals surface area contributed by atoms with Gasteiger partial charge >= 0.3 is 197 Å². The summed E-state index contributed by atoms with van der Waals surface area (Å²) < 4.78 is 6.05. The summed E-state index contributed by atoms with van der Waals surface area (Å²) >= 11 is -0.267. The molecule has 0 amide bonds. The Kier molecular flexibility index (Phi) is 13.9. The van der Waals surface area contributed by atoms with Gasteiger partial charge in [-0.3, -0.25) is 0 Å². The second-order valence-corrected chi connectivity index (χ2v) is 24.3. The average molecular weight is 536 g/mol. The Bertz CT molecular complexity index is 552. The van der Waals surface area contributed by atoms with Gasteiger partial charge in [0.05, 0.1) is 0 Å². The van der Waals surface area contributed by atoms with E-state index in [2.05, 4.69) is 67.5 Å². The van der Waals surface area contributed by atoms with Gasteiger partial charge < -0.3 is 0 Å². The van der Waals surface area contributed by atoms with Crippen LogP contribution in [0.2, 0.25) is 13.3 Å². The Morgan fingerprint density at radius 2 is 1.57 bits per heavy atom. The van der Waals surface area contributed by atoms with Gasteiger partial charge in [-0.1, -0.05) is 0 Å². The van der Waals surface area contributed by atoms with Crippen LogP contribution in [0.5, 0.6) is 0 Å². The second kappa shape index (κ2) is 15.8. The zero-order valence-corrected chi connectivity index (χ0v) is 23.8. The van der Waals surface area contributed by atoms with Crippen LogP contribution in [-0.4, -0.2) is 40.4 Å². The molecule has 1 nitrogen and oxygen atoms in total. The van der Waals surface area contributed by atoms with Crippen LogP contribution in [0.1, 0.15) is 85.0 Å². The summed E-state index contributed by atoms with van der Waals surface area (Å²) in [5.74, 6) is 0. The van der Waals surface area contributed by atoms with Crippen LogP contribution in [-0.2, 0) is 0 Å². The van der Waals surface area contributed by atoms with Crippen molar-refractivity contribution in [3.05, 3.63) is 41.8 Å². The Balaban J connectivity index is 1.90. The van der Waals surface area contributed by atoms with Gasteiger partial charge in [0, 0.05) is 0 Å². The van der Waals surface area contributed by atoms with E-state index < -0.39 is 18.4 Å². The van der Waals surface area contributed by atoms with E-state index in [1.54, 1.807) is 13.3 Å². The fourth-order valence-corrected chi connectivity index (χ4v) is 25.4. The molecule has 2 rings (SSSR count). The molecule has 1 aliphatic heterocycles. The van der Waals surface area contributed by atoms with E-state index in [0.29, 0.717) is 0 Å². The standard InChI is InChI=1S/C15H20NS.3C4H9.Sn/c1-3-9-15(10-4-1)17-14-8-2-5-11-16-12-6-7-13-16;3*1-3-4-2;/h1,3-4,8-10,12,14H,2,5-7,11,13H2;3*1,3-4H2,2H3;/b14-8+;;;;. The quantitative estimate of drug-likeness (QED) is 0.118. The van der Waals surface area contributed by atoms with Gasteiger partial charge in [-0.15, -0.1) is 0 Å². The van der Waals surface area contributed by atoms with Crippen LogP contribution in [0.25, 0.3) is 0 Å². The predicted octanol–water partition coefficient (Wildman–Crippen LogP) is 8.93. The fourth-order valence-electron chi connectivity index (χ4n) is 5.35. The van der Waals surface area contributed by atoms with Gasteiger partial charge in [0.15, 0.2) is 0 Å². The number of likely N-dealkylation sites (tertiary alicyclic amines) is 1. The molecule has 0 spiro atoms. The molecule has 0 saturated carbocycles. The molecule has 0 aromatic heterocycles. The minimum absolute atomic E-state index is 1.05. The van der Waals surface area contributed by atoms with Gasteiger partial charge in [0.2, 0.25) is 0 Å². The average Bonchev–Trinajstić information content (AvgIpc) is 3.26. The Morgan fingerprint density at radius 3 is 2.17 bits per heavy atom. The van der Waals surface area contributed by atoms with Crippen molar-refractivity contribution in [2.45, 2.75) is 107 Å². The summed E-state index contributed by atoms with van der Waals surface area (Å²) in [7, 11) is 0. The summed E-state index contributed by atoms with van der Waals surface area (Å²) in [5.41, 5.74) is 0. The second-order valence-electron chi connectivity index (χ2n) is 9.31. The molecule has 1 fully saturated rings.